The maximum atomic E-state index is 6.03. The normalized spacial score (nSPS) is 13.2. The molecule has 2 aromatic rings. The number of benzene rings is 2. The molecule has 0 fully saturated rings. The van der Waals surface area contributed by atoms with Crippen LogP contribution in [-0.4, -0.2) is 13.2 Å². The highest BCUT2D eigenvalue weighted by molar-refractivity contribution is 9.10. The Bertz CT molecular complexity index is 645. The molecule has 0 aromatic heterocycles. The van der Waals surface area contributed by atoms with Gasteiger partial charge in [-0.25, -0.2) is 0 Å². The number of nitrogen functional groups attached to an aromatic ring is 1. The number of halogens is 1. The molecule has 2 aromatic carbocycles. The van der Waals surface area contributed by atoms with Crippen LogP contribution in [0.1, 0.15) is 11.1 Å². The Morgan fingerprint density at radius 1 is 1.00 bits per heavy atom. The summed E-state index contributed by atoms with van der Waals surface area (Å²) < 4.78 is 17.8. The summed E-state index contributed by atoms with van der Waals surface area (Å²) in [7, 11) is 0. The number of fused-ring (bicyclic) bond motifs is 1. The number of rotatable bonds is 4. The first kappa shape index (κ1) is 14.2. The molecule has 0 amide bonds. The van der Waals surface area contributed by atoms with E-state index >= 15 is 0 Å². The second-order valence-corrected chi connectivity index (χ2v) is 5.63. The standard InChI is InChI=1S/C16H16BrNO3/c17-13-4-2-1-3-11(13)9-19-10-12-7-15-16(8-14(12)18)21-6-5-20-15/h1-4,7-8H,5-6,9-10,18H2. The van der Waals surface area contributed by atoms with Gasteiger partial charge in [-0.15, -0.1) is 0 Å². The molecule has 0 radical (unpaired) electrons. The zero-order chi connectivity index (χ0) is 14.7. The summed E-state index contributed by atoms with van der Waals surface area (Å²) in [5.41, 5.74) is 8.70. The lowest BCUT2D eigenvalue weighted by Gasteiger charge is -2.20. The smallest absolute Gasteiger partial charge is 0.163 e. The molecule has 0 atom stereocenters. The van der Waals surface area contributed by atoms with Gasteiger partial charge in [0.15, 0.2) is 11.5 Å². The number of hydrogen-bond donors (Lipinski definition) is 1. The van der Waals surface area contributed by atoms with Crippen LogP contribution in [0.5, 0.6) is 11.5 Å². The third kappa shape index (κ3) is 3.31. The van der Waals surface area contributed by atoms with Gasteiger partial charge in [-0.05, 0) is 17.7 Å². The van der Waals surface area contributed by atoms with Gasteiger partial charge in [0, 0.05) is 21.8 Å². The second kappa shape index (κ2) is 6.37. The van der Waals surface area contributed by atoms with Gasteiger partial charge >= 0.3 is 0 Å². The summed E-state index contributed by atoms with van der Waals surface area (Å²) in [6.45, 7) is 2.08. The van der Waals surface area contributed by atoms with Crippen LogP contribution < -0.4 is 15.2 Å². The summed E-state index contributed by atoms with van der Waals surface area (Å²) in [5.74, 6) is 1.43. The van der Waals surface area contributed by atoms with Gasteiger partial charge in [0.05, 0.1) is 13.2 Å². The summed E-state index contributed by atoms with van der Waals surface area (Å²) >= 11 is 3.51. The molecule has 21 heavy (non-hydrogen) atoms. The molecule has 0 saturated heterocycles. The van der Waals surface area contributed by atoms with Crippen molar-refractivity contribution in [1.29, 1.82) is 0 Å². The minimum absolute atomic E-state index is 0.434. The van der Waals surface area contributed by atoms with Crippen LogP contribution in [0.2, 0.25) is 0 Å². The molecule has 1 aliphatic heterocycles. The first-order chi connectivity index (χ1) is 10.2. The van der Waals surface area contributed by atoms with E-state index in [1.807, 2.05) is 30.3 Å². The predicted molar refractivity (Wildman–Crippen MR) is 84.5 cm³/mol. The molecule has 5 heteroatoms. The van der Waals surface area contributed by atoms with Crippen molar-refractivity contribution in [2.24, 2.45) is 0 Å². The topological polar surface area (TPSA) is 53.7 Å². The van der Waals surface area contributed by atoms with E-state index in [0.717, 1.165) is 21.3 Å². The number of nitrogens with two attached hydrogens (primary N) is 1. The molecule has 1 aliphatic rings. The Morgan fingerprint density at radius 3 is 2.43 bits per heavy atom. The average molecular weight is 350 g/mol. The average Bonchev–Trinajstić information content (AvgIpc) is 2.49. The first-order valence-electron chi connectivity index (χ1n) is 6.73. The van der Waals surface area contributed by atoms with Crippen molar-refractivity contribution < 1.29 is 14.2 Å². The van der Waals surface area contributed by atoms with E-state index in [9.17, 15) is 0 Å². The number of hydrogen-bond acceptors (Lipinski definition) is 4. The van der Waals surface area contributed by atoms with Crippen LogP contribution in [0, 0.1) is 0 Å². The molecule has 0 spiro atoms. The van der Waals surface area contributed by atoms with E-state index in [0.29, 0.717) is 37.9 Å². The highest BCUT2D eigenvalue weighted by atomic mass is 79.9. The summed E-state index contributed by atoms with van der Waals surface area (Å²) in [5, 5.41) is 0. The summed E-state index contributed by atoms with van der Waals surface area (Å²) in [6, 6.07) is 11.7. The van der Waals surface area contributed by atoms with Crippen LogP contribution in [0.4, 0.5) is 5.69 Å². The molecule has 2 N–H and O–H groups in total. The molecule has 4 nitrogen and oxygen atoms in total. The van der Waals surface area contributed by atoms with E-state index in [4.69, 9.17) is 19.9 Å². The SMILES string of the molecule is Nc1cc2c(cc1COCc1ccccc1Br)OCCO2. The predicted octanol–water partition coefficient (Wildman–Crippen LogP) is 3.52. The van der Waals surface area contributed by atoms with Gasteiger partial charge in [0.1, 0.15) is 13.2 Å². The minimum Gasteiger partial charge on any atom is -0.486 e. The third-order valence-electron chi connectivity index (χ3n) is 3.28. The van der Waals surface area contributed by atoms with Crippen molar-refractivity contribution in [1.82, 2.24) is 0 Å². The van der Waals surface area contributed by atoms with E-state index in [-0.39, 0.29) is 0 Å². The van der Waals surface area contributed by atoms with Crippen LogP contribution >= 0.6 is 15.9 Å². The van der Waals surface area contributed by atoms with Crippen molar-refractivity contribution in [3.05, 3.63) is 52.0 Å². The lowest BCUT2D eigenvalue weighted by molar-refractivity contribution is 0.106. The molecule has 110 valence electrons. The highest BCUT2D eigenvalue weighted by Crippen LogP contribution is 2.34. The maximum absolute atomic E-state index is 6.03. The molecule has 0 unspecified atom stereocenters. The molecule has 0 saturated carbocycles. The largest absolute Gasteiger partial charge is 0.486 e. The summed E-state index contributed by atoms with van der Waals surface area (Å²) in [6.07, 6.45) is 0. The van der Waals surface area contributed by atoms with Gasteiger partial charge in [0.2, 0.25) is 0 Å². The number of ether oxygens (including phenoxy) is 3. The van der Waals surface area contributed by atoms with Crippen molar-refractivity contribution >= 4 is 21.6 Å². The van der Waals surface area contributed by atoms with Crippen LogP contribution in [0.15, 0.2) is 40.9 Å². The molecule has 0 bridgehead atoms. The fourth-order valence-electron chi connectivity index (χ4n) is 2.16. The van der Waals surface area contributed by atoms with Gasteiger partial charge < -0.3 is 19.9 Å². The van der Waals surface area contributed by atoms with Gasteiger partial charge in [-0.3, -0.25) is 0 Å². The third-order valence-corrected chi connectivity index (χ3v) is 4.05. The Balaban J connectivity index is 1.67. The Kier molecular flexibility index (Phi) is 4.31. The Hall–Kier alpha value is -1.72. The Morgan fingerprint density at radius 2 is 1.67 bits per heavy atom. The fourth-order valence-corrected chi connectivity index (χ4v) is 2.56. The van der Waals surface area contributed by atoms with Crippen molar-refractivity contribution in [2.45, 2.75) is 13.2 Å². The van der Waals surface area contributed by atoms with Crippen molar-refractivity contribution in [2.75, 3.05) is 18.9 Å². The van der Waals surface area contributed by atoms with Crippen LogP contribution in [0.3, 0.4) is 0 Å². The molecule has 3 rings (SSSR count). The van der Waals surface area contributed by atoms with Gasteiger partial charge in [-0.2, -0.15) is 0 Å². The van der Waals surface area contributed by atoms with Gasteiger partial charge in [0.25, 0.3) is 0 Å². The van der Waals surface area contributed by atoms with E-state index in [1.165, 1.54) is 0 Å². The molecule has 0 aliphatic carbocycles. The lowest BCUT2D eigenvalue weighted by atomic mass is 10.1. The quantitative estimate of drug-likeness (QED) is 0.858. The molecular formula is C16H16BrNO3. The van der Waals surface area contributed by atoms with Crippen molar-refractivity contribution in [3.63, 3.8) is 0 Å². The molecular weight excluding hydrogens is 334 g/mol. The van der Waals surface area contributed by atoms with Crippen LogP contribution in [0.25, 0.3) is 0 Å². The second-order valence-electron chi connectivity index (χ2n) is 4.78. The minimum atomic E-state index is 0.434. The summed E-state index contributed by atoms with van der Waals surface area (Å²) in [4.78, 5) is 0. The number of anilines is 1. The van der Waals surface area contributed by atoms with Crippen LogP contribution in [-0.2, 0) is 18.0 Å². The highest BCUT2D eigenvalue weighted by Gasteiger charge is 2.14. The fraction of sp³-hybridized carbons (Fsp3) is 0.250. The van der Waals surface area contributed by atoms with E-state index in [2.05, 4.69) is 15.9 Å². The van der Waals surface area contributed by atoms with Gasteiger partial charge in [-0.1, -0.05) is 34.1 Å². The lowest BCUT2D eigenvalue weighted by Crippen LogP contribution is -2.16. The maximum Gasteiger partial charge on any atom is 0.163 e. The monoisotopic (exact) mass is 349 g/mol. The zero-order valence-corrected chi connectivity index (χ0v) is 13.1. The van der Waals surface area contributed by atoms with E-state index < -0.39 is 0 Å². The zero-order valence-electron chi connectivity index (χ0n) is 11.5. The van der Waals surface area contributed by atoms with E-state index in [1.54, 1.807) is 6.07 Å². The molecule has 1 heterocycles. The first-order valence-corrected chi connectivity index (χ1v) is 7.52. The Labute approximate surface area is 131 Å². The van der Waals surface area contributed by atoms with Crippen molar-refractivity contribution in [3.8, 4) is 11.5 Å².